The molecule has 0 bridgehead atoms. The van der Waals surface area contributed by atoms with Gasteiger partial charge in [-0.25, -0.2) is 0 Å². The van der Waals surface area contributed by atoms with Crippen molar-refractivity contribution in [3.63, 3.8) is 0 Å². The minimum atomic E-state index is 0.633. The van der Waals surface area contributed by atoms with Crippen molar-refractivity contribution in [2.75, 3.05) is 19.8 Å². The molecule has 2 rings (SSSR count). The van der Waals surface area contributed by atoms with Crippen LogP contribution in [0, 0.1) is 13.8 Å². The molecule has 0 aliphatic carbocycles. The molecule has 1 heterocycles. The maximum Gasteiger partial charge on any atom is 0.228 e. The fourth-order valence-electron chi connectivity index (χ4n) is 2.13. The molecule has 7 heteroatoms. The largest absolute Gasteiger partial charge is 0.356 e. The molecule has 1 aromatic carbocycles. The Morgan fingerprint density at radius 1 is 1.30 bits per heavy atom. The number of aliphatic imine (C=N–C) groups is 1. The maximum atomic E-state index is 5.09. The van der Waals surface area contributed by atoms with Gasteiger partial charge in [0.25, 0.3) is 0 Å². The second-order valence-electron chi connectivity index (χ2n) is 5.15. The number of guanidine groups is 1. The molecule has 23 heavy (non-hydrogen) atoms. The van der Waals surface area contributed by atoms with Crippen molar-refractivity contribution in [3.8, 4) is 0 Å². The lowest BCUT2D eigenvalue weighted by atomic mass is 10.1. The van der Waals surface area contributed by atoms with E-state index in [1.165, 1.54) is 16.0 Å². The van der Waals surface area contributed by atoms with Crippen LogP contribution in [0.2, 0.25) is 0 Å². The molecule has 0 saturated carbocycles. The molecule has 2 N–H and O–H groups in total. The second kappa shape index (κ2) is 8.57. The third kappa shape index (κ3) is 5.28. The molecule has 124 valence electrons. The number of benzene rings is 1. The van der Waals surface area contributed by atoms with Crippen LogP contribution >= 0.6 is 11.8 Å². The van der Waals surface area contributed by atoms with Crippen molar-refractivity contribution >= 4 is 17.7 Å². The van der Waals surface area contributed by atoms with Crippen molar-refractivity contribution in [1.82, 2.24) is 20.8 Å². The summed E-state index contributed by atoms with van der Waals surface area (Å²) >= 11 is 1.76. The maximum absolute atomic E-state index is 5.09. The third-order valence-corrected chi connectivity index (χ3v) is 4.13. The zero-order valence-corrected chi connectivity index (χ0v) is 14.8. The molecule has 0 spiro atoms. The summed E-state index contributed by atoms with van der Waals surface area (Å²) in [5.41, 5.74) is 2.54. The van der Waals surface area contributed by atoms with E-state index in [1.807, 2.05) is 6.92 Å². The molecule has 0 saturated heterocycles. The van der Waals surface area contributed by atoms with Crippen LogP contribution in [0.25, 0.3) is 0 Å². The van der Waals surface area contributed by atoms with Gasteiger partial charge in [-0.2, -0.15) is 4.98 Å². The topological polar surface area (TPSA) is 75.3 Å². The van der Waals surface area contributed by atoms with Crippen LogP contribution in [-0.2, 0) is 13.0 Å². The molecule has 0 aliphatic heterocycles. The summed E-state index contributed by atoms with van der Waals surface area (Å²) in [6.07, 6.45) is 2.76. The Morgan fingerprint density at radius 3 is 2.78 bits per heavy atom. The summed E-state index contributed by atoms with van der Waals surface area (Å²) in [5.74, 6) is 2.05. The van der Waals surface area contributed by atoms with Crippen molar-refractivity contribution in [1.29, 1.82) is 0 Å². The minimum absolute atomic E-state index is 0.633. The third-order valence-electron chi connectivity index (χ3n) is 3.31. The number of hydrogen-bond acceptors (Lipinski definition) is 5. The summed E-state index contributed by atoms with van der Waals surface area (Å²) in [6.45, 7) is 5.34. The molecule has 0 atom stereocenters. The van der Waals surface area contributed by atoms with Gasteiger partial charge in [0.15, 0.2) is 11.8 Å². The number of thioether (sulfide) groups is 1. The van der Waals surface area contributed by atoms with Gasteiger partial charge in [-0.1, -0.05) is 17.3 Å². The highest BCUT2D eigenvalue weighted by Gasteiger charge is 2.05. The van der Waals surface area contributed by atoms with Gasteiger partial charge >= 0.3 is 0 Å². The van der Waals surface area contributed by atoms with Crippen LogP contribution in [0.5, 0.6) is 0 Å². The number of aromatic nitrogens is 2. The monoisotopic (exact) mass is 333 g/mol. The minimum Gasteiger partial charge on any atom is -0.356 e. The van der Waals surface area contributed by atoms with E-state index in [-0.39, 0.29) is 0 Å². The SMILES string of the molecule is CN=C(NCCc1nc(C)no1)NCc1ccc(C)cc1SC. The molecular weight excluding hydrogens is 310 g/mol. The molecule has 1 aromatic heterocycles. The van der Waals surface area contributed by atoms with E-state index < -0.39 is 0 Å². The van der Waals surface area contributed by atoms with E-state index in [0.29, 0.717) is 24.7 Å². The molecule has 2 aromatic rings. The first-order chi connectivity index (χ1) is 11.1. The number of aryl methyl sites for hydroxylation is 2. The lowest BCUT2D eigenvalue weighted by Crippen LogP contribution is -2.38. The summed E-state index contributed by atoms with van der Waals surface area (Å²) in [6, 6.07) is 6.49. The van der Waals surface area contributed by atoms with Gasteiger partial charge in [-0.15, -0.1) is 11.8 Å². The predicted molar refractivity (Wildman–Crippen MR) is 93.9 cm³/mol. The van der Waals surface area contributed by atoms with Gasteiger partial charge in [0, 0.05) is 31.5 Å². The first kappa shape index (κ1) is 17.3. The number of rotatable bonds is 6. The van der Waals surface area contributed by atoms with E-state index >= 15 is 0 Å². The van der Waals surface area contributed by atoms with Crippen LogP contribution < -0.4 is 10.6 Å². The van der Waals surface area contributed by atoms with Gasteiger partial charge in [0.1, 0.15) is 0 Å². The number of nitrogens with zero attached hydrogens (tertiary/aromatic N) is 3. The Bertz CT molecular complexity index is 668. The Morgan fingerprint density at radius 2 is 2.13 bits per heavy atom. The molecule has 6 nitrogen and oxygen atoms in total. The van der Waals surface area contributed by atoms with Gasteiger partial charge in [0.2, 0.25) is 5.89 Å². The van der Waals surface area contributed by atoms with E-state index in [4.69, 9.17) is 4.52 Å². The average Bonchev–Trinajstić information content (AvgIpc) is 2.96. The standard InChI is InChI=1S/C16H23N5OS/c1-11-5-6-13(14(9-11)23-4)10-19-16(17-3)18-8-7-15-20-12(2)21-22-15/h5-6,9H,7-8,10H2,1-4H3,(H2,17,18,19). The van der Waals surface area contributed by atoms with Crippen LogP contribution in [0.1, 0.15) is 22.8 Å². The Labute approximate surface area is 141 Å². The molecule has 0 aliphatic rings. The van der Waals surface area contributed by atoms with Crippen LogP contribution in [-0.4, -0.2) is 35.9 Å². The summed E-state index contributed by atoms with van der Waals surface area (Å²) in [5, 5.41) is 10.4. The molecule has 0 fully saturated rings. The average molecular weight is 333 g/mol. The van der Waals surface area contributed by atoms with E-state index in [2.05, 4.69) is 57.1 Å². The number of hydrogen-bond donors (Lipinski definition) is 2. The van der Waals surface area contributed by atoms with Crippen LogP contribution in [0.15, 0.2) is 32.6 Å². The molecule has 0 unspecified atom stereocenters. The summed E-state index contributed by atoms with van der Waals surface area (Å²) in [4.78, 5) is 9.70. The van der Waals surface area contributed by atoms with Crippen molar-refractivity contribution in [3.05, 3.63) is 41.0 Å². The first-order valence-corrected chi connectivity index (χ1v) is 8.72. The first-order valence-electron chi connectivity index (χ1n) is 7.49. The normalized spacial score (nSPS) is 11.6. The van der Waals surface area contributed by atoms with E-state index in [9.17, 15) is 0 Å². The van der Waals surface area contributed by atoms with Gasteiger partial charge in [0.05, 0.1) is 0 Å². The van der Waals surface area contributed by atoms with E-state index in [1.54, 1.807) is 18.8 Å². The predicted octanol–water partition coefficient (Wildman–Crippen LogP) is 2.32. The highest BCUT2D eigenvalue weighted by atomic mass is 32.2. The Kier molecular flexibility index (Phi) is 6.46. The highest BCUT2D eigenvalue weighted by molar-refractivity contribution is 7.98. The fraction of sp³-hybridized carbons (Fsp3) is 0.438. The van der Waals surface area contributed by atoms with Gasteiger partial charge < -0.3 is 15.2 Å². The molecular formula is C16H23N5OS. The summed E-state index contributed by atoms with van der Waals surface area (Å²) in [7, 11) is 1.76. The van der Waals surface area contributed by atoms with Crippen LogP contribution in [0.3, 0.4) is 0 Å². The lowest BCUT2D eigenvalue weighted by Gasteiger charge is -2.13. The van der Waals surface area contributed by atoms with Gasteiger partial charge in [-0.05, 0) is 37.3 Å². The van der Waals surface area contributed by atoms with Crippen LogP contribution in [0.4, 0.5) is 0 Å². The number of nitrogens with one attached hydrogen (secondary N) is 2. The molecule has 0 amide bonds. The van der Waals surface area contributed by atoms with E-state index in [0.717, 1.165) is 12.5 Å². The smallest absolute Gasteiger partial charge is 0.228 e. The zero-order chi connectivity index (χ0) is 16.7. The fourth-order valence-corrected chi connectivity index (χ4v) is 2.83. The van der Waals surface area contributed by atoms with Crippen molar-refractivity contribution < 1.29 is 4.52 Å². The zero-order valence-electron chi connectivity index (χ0n) is 14.0. The Balaban J connectivity index is 1.83. The highest BCUT2D eigenvalue weighted by Crippen LogP contribution is 2.21. The molecule has 0 radical (unpaired) electrons. The van der Waals surface area contributed by atoms with Gasteiger partial charge in [-0.3, -0.25) is 4.99 Å². The van der Waals surface area contributed by atoms with Crippen molar-refractivity contribution in [2.24, 2.45) is 4.99 Å². The summed E-state index contributed by atoms with van der Waals surface area (Å²) < 4.78 is 5.09. The quantitative estimate of drug-likeness (QED) is 0.480. The van der Waals surface area contributed by atoms with Crippen molar-refractivity contribution in [2.45, 2.75) is 31.7 Å². The lowest BCUT2D eigenvalue weighted by molar-refractivity contribution is 0.374. The second-order valence-corrected chi connectivity index (χ2v) is 6.00. The Hall–Kier alpha value is -2.02.